The van der Waals surface area contributed by atoms with Gasteiger partial charge in [0.05, 0.1) is 18.6 Å². The van der Waals surface area contributed by atoms with Crippen LogP contribution in [-0.4, -0.2) is 29.7 Å². The average molecular weight is 195 g/mol. The highest BCUT2D eigenvalue weighted by Crippen LogP contribution is 2.29. The van der Waals surface area contributed by atoms with Crippen molar-refractivity contribution in [2.24, 2.45) is 5.73 Å². The summed E-state index contributed by atoms with van der Waals surface area (Å²) in [5.74, 6) is 1.46. The smallest absolute Gasteiger partial charge is 0.118 e. The third-order valence-corrected chi connectivity index (χ3v) is 2.87. The summed E-state index contributed by atoms with van der Waals surface area (Å²) >= 11 is 0. The highest BCUT2D eigenvalue weighted by atomic mass is 16.5. The van der Waals surface area contributed by atoms with Crippen molar-refractivity contribution >= 4 is 0 Å². The van der Waals surface area contributed by atoms with Gasteiger partial charge in [0.25, 0.3) is 0 Å². The predicted octanol–water partition coefficient (Wildman–Crippen LogP) is 0.760. The Bertz CT molecular complexity index is 309. The van der Waals surface area contributed by atoms with Crippen LogP contribution >= 0.6 is 0 Å². The van der Waals surface area contributed by atoms with Crippen LogP contribution in [0, 0.1) is 0 Å². The van der Waals surface area contributed by atoms with E-state index in [-0.39, 0.29) is 5.41 Å². The lowest BCUT2D eigenvalue weighted by molar-refractivity contribution is -0.0590. The zero-order valence-electron chi connectivity index (χ0n) is 8.71. The first-order valence-corrected chi connectivity index (χ1v) is 5.01. The van der Waals surface area contributed by atoms with Crippen LogP contribution in [0.25, 0.3) is 0 Å². The number of hydrogen-bond donors (Lipinski definition) is 2. The van der Waals surface area contributed by atoms with Gasteiger partial charge in [-0.3, -0.25) is 0 Å². The minimum atomic E-state index is -0.0485. The van der Waals surface area contributed by atoms with Crippen LogP contribution in [-0.2, 0) is 10.2 Å². The Morgan fingerprint density at radius 3 is 2.71 bits per heavy atom. The minimum Gasteiger partial charge on any atom is -0.379 e. The van der Waals surface area contributed by atoms with Crippen molar-refractivity contribution in [1.82, 2.24) is 9.97 Å². The fourth-order valence-corrected chi connectivity index (χ4v) is 1.60. The lowest BCUT2D eigenvalue weighted by atomic mass is 9.85. The summed E-state index contributed by atoms with van der Waals surface area (Å²) in [4.78, 5) is 7.72. The number of ether oxygens (including phenoxy) is 1. The maximum atomic E-state index is 5.75. The molecule has 0 radical (unpaired) electrons. The molecule has 1 aromatic rings. The normalized spacial score (nSPS) is 19.7. The topological polar surface area (TPSA) is 63.9 Å². The number of aromatic amines is 1. The molecule has 0 saturated carbocycles. The lowest BCUT2D eigenvalue weighted by Crippen LogP contribution is -2.52. The number of nitrogens with zero attached hydrogens (tertiary/aromatic N) is 1. The SMILES string of the molecule is CC(C)c1cnc(C2(CN)COC2)[nH]1. The van der Waals surface area contributed by atoms with Crippen molar-refractivity contribution in [2.45, 2.75) is 25.2 Å². The Morgan fingerprint density at radius 2 is 2.36 bits per heavy atom. The van der Waals surface area contributed by atoms with Gasteiger partial charge in [0.1, 0.15) is 5.82 Å². The predicted molar refractivity (Wildman–Crippen MR) is 54.2 cm³/mol. The van der Waals surface area contributed by atoms with Crippen LogP contribution in [0.3, 0.4) is 0 Å². The average Bonchev–Trinajstić information content (AvgIpc) is 2.52. The van der Waals surface area contributed by atoms with Crippen LogP contribution < -0.4 is 5.73 Å². The van der Waals surface area contributed by atoms with E-state index in [1.165, 1.54) is 5.69 Å². The molecule has 1 fully saturated rings. The Labute approximate surface area is 83.9 Å². The Hall–Kier alpha value is -0.870. The van der Waals surface area contributed by atoms with E-state index >= 15 is 0 Å². The monoisotopic (exact) mass is 195 g/mol. The standard InChI is InChI=1S/C10H17N3O/c1-7(2)8-3-12-9(13-8)10(4-11)5-14-6-10/h3,7H,4-6,11H2,1-2H3,(H,12,13). The van der Waals surface area contributed by atoms with Crippen molar-refractivity contribution in [1.29, 1.82) is 0 Å². The Kier molecular flexibility index (Phi) is 2.33. The van der Waals surface area contributed by atoms with Crippen molar-refractivity contribution < 1.29 is 4.74 Å². The van der Waals surface area contributed by atoms with Crippen molar-refractivity contribution in [3.63, 3.8) is 0 Å². The highest BCUT2D eigenvalue weighted by Gasteiger charge is 2.41. The molecule has 1 aliphatic rings. The number of rotatable bonds is 3. The minimum absolute atomic E-state index is 0.0485. The van der Waals surface area contributed by atoms with Crippen LogP contribution in [0.5, 0.6) is 0 Å². The molecule has 0 atom stereocenters. The van der Waals surface area contributed by atoms with E-state index < -0.39 is 0 Å². The number of imidazole rings is 1. The number of nitrogens with two attached hydrogens (primary N) is 1. The molecule has 0 spiro atoms. The molecule has 2 rings (SSSR count). The van der Waals surface area contributed by atoms with Crippen molar-refractivity contribution in [3.05, 3.63) is 17.7 Å². The summed E-state index contributed by atoms with van der Waals surface area (Å²) in [5.41, 5.74) is 6.86. The van der Waals surface area contributed by atoms with E-state index in [2.05, 4.69) is 23.8 Å². The van der Waals surface area contributed by atoms with Gasteiger partial charge in [-0.2, -0.15) is 0 Å². The largest absolute Gasteiger partial charge is 0.379 e. The van der Waals surface area contributed by atoms with Crippen molar-refractivity contribution in [3.8, 4) is 0 Å². The second kappa shape index (κ2) is 3.37. The molecule has 0 aliphatic carbocycles. The number of hydrogen-bond acceptors (Lipinski definition) is 3. The molecule has 1 saturated heterocycles. The molecule has 4 nitrogen and oxygen atoms in total. The first kappa shape index (κ1) is 9.68. The molecule has 0 amide bonds. The van der Waals surface area contributed by atoms with Gasteiger partial charge in [-0.25, -0.2) is 4.98 Å². The summed E-state index contributed by atoms with van der Waals surface area (Å²) < 4.78 is 5.21. The third kappa shape index (κ3) is 1.35. The molecular formula is C10H17N3O. The zero-order valence-corrected chi connectivity index (χ0v) is 8.71. The van der Waals surface area contributed by atoms with Crippen LogP contribution in [0.2, 0.25) is 0 Å². The number of H-pyrrole nitrogens is 1. The van der Waals surface area contributed by atoms with Gasteiger partial charge in [0.2, 0.25) is 0 Å². The molecule has 3 N–H and O–H groups in total. The van der Waals surface area contributed by atoms with Gasteiger partial charge >= 0.3 is 0 Å². The first-order valence-electron chi connectivity index (χ1n) is 5.01. The second-order valence-corrected chi connectivity index (χ2v) is 4.32. The summed E-state index contributed by atoms with van der Waals surface area (Å²) in [6.07, 6.45) is 1.90. The van der Waals surface area contributed by atoms with Crippen LogP contribution in [0.15, 0.2) is 6.20 Å². The molecule has 1 aliphatic heterocycles. The van der Waals surface area contributed by atoms with E-state index in [0.717, 1.165) is 5.82 Å². The van der Waals surface area contributed by atoms with E-state index in [1.807, 2.05) is 6.20 Å². The molecule has 0 bridgehead atoms. The maximum absolute atomic E-state index is 5.75. The quantitative estimate of drug-likeness (QED) is 0.748. The maximum Gasteiger partial charge on any atom is 0.118 e. The van der Waals surface area contributed by atoms with Crippen LogP contribution in [0.1, 0.15) is 31.3 Å². The number of nitrogens with one attached hydrogen (secondary N) is 1. The molecule has 14 heavy (non-hydrogen) atoms. The molecule has 4 heteroatoms. The fraction of sp³-hybridized carbons (Fsp3) is 0.700. The number of aromatic nitrogens is 2. The van der Waals surface area contributed by atoms with Gasteiger partial charge in [-0.15, -0.1) is 0 Å². The van der Waals surface area contributed by atoms with E-state index in [4.69, 9.17) is 10.5 Å². The van der Waals surface area contributed by atoms with Gasteiger partial charge in [-0.1, -0.05) is 13.8 Å². The Morgan fingerprint density at radius 1 is 1.64 bits per heavy atom. The Balaban J connectivity index is 2.23. The van der Waals surface area contributed by atoms with E-state index in [1.54, 1.807) is 0 Å². The summed E-state index contributed by atoms with van der Waals surface area (Å²) in [6, 6.07) is 0. The second-order valence-electron chi connectivity index (χ2n) is 4.32. The molecular weight excluding hydrogens is 178 g/mol. The molecule has 1 aromatic heterocycles. The molecule has 0 unspecified atom stereocenters. The van der Waals surface area contributed by atoms with Crippen molar-refractivity contribution in [2.75, 3.05) is 19.8 Å². The van der Waals surface area contributed by atoms with E-state index in [9.17, 15) is 0 Å². The van der Waals surface area contributed by atoms with Crippen LogP contribution in [0.4, 0.5) is 0 Å². The van der Waals surface area contributed by atoms with Gasteiger partial charge in [0, 0.05) is 18.4 Å². The first-order chi connectivity index (χ1) is 6.68. The molecule has 2 heterocycles. The zero-order chi connectivity index (χ0) is 10.2. The van der Waals surface area contributed by atoms with Gasteiger partial charge in [-0.05, 0) is 5.92 Å². The summed E-state index contributed by atoms with van der Waals surface area (Å²) in [6.45, 7) is 6.26. The van der Waals surface area contributed by atoms with Gasteiger partial charge < -0.3 is 15.5 Å². The molecule has 0 aromatic carbocycles. The third-order valence-electron chi connectivity index (χ3n) is 2.87. The summed E-state index contributed by atoms with van der Waals surface area (Å²) in [5, 5.41) is 0. The molecule has 78 valence electrons. The summed E-state index contributed by atoms with van der Waals surface area (Å²) in [7, 11) is 0. The highest BCUT2D eigenvalue weighted by molar-refractivity contribution is 5.18. The van der Waals surface area contributed by atoms with Gasteiger partial charge in [0.15, 0.2) is 0 Å². The van der Waals surface area contributed by atoms with E-state index in [0.29, 0.717) is 25.7 Å². The fourth-order valence-electron chi connectivity index (χ4n) is 1.60. The lowest BCUT2D eigenvalue weighted by Gasteiger charge is -2.38.